The van der Waals surface area contributed by atoms with Crippen molar-refractivity contribution in [1.82, 2.24) is 20.3 Å². The molecule has 3 rings (SSSR count). The van der Waals surface area contributed by atoms with E-state index in [1.165, 1.54) is 0 Å². The molecule has 1 amide bonds. The van der Waals surface area contributed by atoms with E-state index in [0.29, 0.717) is 11.6 Å². The number of hydrogen-bond donors (Lipinski definition) is 1. The van der Waals surface area contributed by atoms with Gasteiger partial charge in [-0.1, -0.05) is 0 Å². The van der Waals surface area contributed by atoms with E-state index < -0.39 is 0 Å². The summed E-state index contributed by atoms with van der Waals surface area (Å²) >= 11 is 0. The van der Waals surface area contributed by atoms with Gasteiger partial charge in [-0.2, -0.15) is 0 Å². The van der Waals surface area contributed by atoms with Crippen LogP contribution in [0.4, 0.5) is 0 Å². The third-order valence-corrected chi connectivity index (χ3v) is 4.19. The molecule has 126 valence electrons. The molecule has 0 bridgehead atoms. The number of aryl methyl sites for hydroxylation is 2. The van der Waals surface area contributed by atoms with Gasteiger partial charge in [0.15, 0.2) is 0 Å². The van der Waals surface area contributed by atoms with Crippen LogP contribution in [0.15, 0.2) is 30.6 Å². The van der Waals surface area contributed by atoms with Crippen molar-refractivity contribution in [2.24, 2.45) is 0 Å². The number of nitrogens with zero attached hydrogens (tertiary/aromatic N) is 3. The van der Waals surface area contributed by atoms with Crippen molar-refractivity contribution in [1.29, 1.82) is 0 Å². The Balaban J connectivity index is 1.50. The quantitative estimate of drug-likeness (QED) is 0.934. The van der Waals surface area contributed by atoms with Crippen LogP contribution in [0.3, 0.4) is 0 Å². The summed E-state index contributed by atoms with van der Waals surface area (Å²) < 4.78 is 5.91. The number of ether oxygens (including phenoxy) is 1. The summed E-state index contributed by atoms with van der Waals surface area (Å²) in [6, 6.07) is 6.02. The molecule has 0 atom stereocenters. The monoisotopic (exact) mass is 326 g/mol. The fourth-order valence-corrected chi connectivity index (χ4v) is 2.99. The Kier molecular flexibility index (Phi) is 5.03. The average molecular weight is 326 g/mol. The molecule has 2 heterocycles. The van der Waals surface area contributed by atoms with E-state index in [4.69, 9.17) is 4.74 Å². The van der Waals surface area contributed by atoms with Gasteiger partial charge in [-0.15, -0.1) is 0 Å². The van der Waals surface area contributed by atoms with Gasteiger partial charge in [-0.25, -0.2) is 9.97 Å². The van der Waals surface area contributed by atoms with Crippen LogP contribution >= 0.6 is 0 Å². The van der Waals surface area contributed by atoms with E-state index in [2.05, 4.69) is 20.3 Å². The number of carbonyl (C=O) groups is 1. The molecule has 1 N–H and O–H groups in total. The molecular formula is C18H22N4O2. The maximum absolute atomic E-state index is 12.2. The minimum absolute atomic E-state index is 0.0422. The van der Waals surface area contributed by atoms with Crippen molar-refractivity contribution in [2.75, 3.05) is 0 Å². The SMILES string of the molecule is Cc1cc(C)nc(OC2CCC(NC(=O)c3ccncc3)CC2)n1. The number of nitrogens with one attached hydrogen (secondary N) is 1. The predicted octanol–water partition coefficient (Wildman–Crippen LogP) is 2.61. The minimum atomic E-state index is -0.0422. The number of rotatable bonds is 4. The van der Waals surface area contributed by atoms with E-state index in [-0.39, 0.29) is 18.1 Å². The molecule has 6 nitrogen and oxygen atoms in total. The topological polar surface area (TPSA) is 77.0 Å². The number of aromatic nitrogens is 3. The first-order valence-electron chi connectivity index (χ1n) is 8.30. The highest BCUT2D eigenvalue weighted by atomic mass is 16.5. The largest absolute Gasteiger partial charge is 0.460 e. The van der Waals surface area contributed by atoms with Crippen molar-refractivity contribution < 1.29 is 9.53 Å². The molecule has 0 aliphatic heterocycles. The van der Waals surface area contributed by atoms with Crippen LogP contribution in [0.1, 0.15) is 47.4 Å². The molecule has 0 spiro atoms. The zero-order chi connectivity index (χ0) is 16.9. The maximum atomic E-state index is 12.2. The molecule has 24 heavy (non-hydrogen) atoms. The van der Waals surface area contributed by atoms with Crippen molar-refractivity contribution in [2.45, 2.75) is 51.7 Å². The van der Waals surface area contributed by atoms with Crippen LogP contribution in [0, 0.1) is 13.8 Å². The lowest BCUT2D eigenvalue weighted by Crippen LogP contribution is -2.39. The predicted molar refractivity (Wildman–Crippen MR) is 89.9 cm³/mol. The van der Waals surface area contributed by atoms with Gasteiger partial charge in [0.25, 0.3) is 5.91 Å². The molecule has 1 aliphatic carbocycles. The van der Waals surface area contributed by atoms with Crippen LogP contribution < -0.4 is 10.1 Å². The van der Waals surface area contributed by atoms with Crippen LogP contribution in [0.2, 0.25) is 0 Å². The average Bonchev–Trinajstić information content (AvgIpc) is 2.56. The van der Waals surface area contributed by atoms with Crippen LogP contribution in [0.25, 0.3) is 0 Å². The molecule has 1 fully saturated rings. The molecule has 0 aromatic carbocycles. The highest BCUT2D eigenvalue weighted by molar-refractivity contribution is 5.94. The van der Waals surface area contributed by atoms with Gasteiger partial charge >= 0.3 is 6.01 Å². The van der Waals surface area contributed by atoms with E-state index in [9.17, 15) is 4.79 Å². The highest BCUT2D eigenvalue weighted by Crippen LogP contribution is 2.22. The first-order valence-corrected chi connectivity index (χ1v) is 8.30. The lowest BCUT2D eigenvalue weighted by molar-refractivity contribution is 0.0884. The lowest BCUT2D eigenvalue weighted by Gasteiger charge is -2.29. The van der Waals surface area contributed by atoms with Gasteiger partial charge in [0, 0.05) is 35.4 Å². The second-order valence-corrected chi connectivity index (χ2v) is 6.23. The molecular weight excluding hydrogens is 304 g/mol. The molecule has 1 saturated carbocycles. The molecule has 2 aromatic rings. The Labute approximate surface area is 141 Å². The van der Waals surface area contributed by atoms with E-state index in [1.54, 1.807) is 24.5 Å². The van der Waals surface area contributed by atoms with Gasteiger partial charge in [0.2, 0.25) is 0 Å². The van der Waals surface area contributed by atoms with Crippen molar-refractivity contribution in [3.63, 3.8) is 0 Å². The van der Waals surface area contributed by atoms with Gasteiger partial charge in [-0.3, -0.25) is 9.78 Å². The molecule has 0 unspecified atom stereocenters. The zero-order valence-corrected chi connectivity index (χ0v) is 14.0. The molecule has 1 aliphatic rings. The minimum Gasteiger partial charge on any atom is -0.460 e. The van der Waals surface area contributed by atoms with E-state index in [1.807, 2.05) is 19.9 Å². The smallest absolute Gasteiger partial charge is 0.317 e. The Bertz CT molecular complexity index is 677. The van der Waals surface area contributed by atoms with Crippen LogP contribution in [-0.2, 0) is 0 Å². The summed E-state index contributed by atoms with van der Waals surface area (Å²) in [5.41, 5.74) is 2.47. The fourth-order valence-electron chi connectivity index (χ4n) is 2.99. The van der Waals surface area contributed by atoms with Gasteiger partial charge < -0.3 is 10.1 Å². The van der Waals surface area contributed by atoms with Crippen molar-refractivity contribution in [3.05, 3.63) is 47.5 Å². The normalized spacial score (nSPS) is 20.4. The summed E-state index contributed by atoms with van der Waals surface area (Å²) in [5, 5.41) is 3.08. The summed E-state index contributed by atoms with van der Waals surface area (Å²) in [4.78, 5) is 24.8. The van der Waals surface area contributed by atoms with E-state index >= 15 is 0 Å². The maximum Gasteiger partial charge on any atom is 0.317 e. The summed E-state index contributed by atoms with van der Waals surface area (Å²) in [5.74, 6) is -0.0422. The van der Waals surface area contributed by atoms with Gasteiger partial charge in [0.1, 0.15) is 6.10 Å². The second kappa shape index (κ2) is 7.38. The number of carbonyl (C=O) groups excluding carboxylic acids is 1. The van der Waals surface area contributed by atoms with E-state index in [0.717, 1.165) is 37.1 Å². The van der Waals surface area contributed by atoms with Crippen LogP contribution in [-0.4, -0.2) is 33.0 Å². The Hall–Kier alpha value is -2.50. The number of amides is 1. The van der Waals surface area contributed by atoms with Crippen molar-refractivity contribution >= 4 is 5.91 Å². The third kappa shape index (κ3) is 4.28. The molecule has 0 saturated heterocycles. The summed E-state index contributed by atoms with van der Waals surface area (Å²) in [6.07, 6.45) is 6.93. The van der Waals surface area contributed by atoms with Crippen LogP contribution in [0.5, 0.6) is 6.01 Å². The van der Waals surface area contributed by atoms with Gasteiger partial charge in [-0.05, 0) is 57.7 Å². The number of pyridine rings is 1. The second-order valence-electron chi connectivity index (χ2n) is 6.23. The highest BCUT2D eigenvalue weighted by Gasteiger charge is 2.24. The number of hydrogen-bond acceptors (Lipinski definition) is 5. The van der Waals surface area contributed by atoms with Gasteiger partial charge in [0.05, 0.1) is 0 Å². The first-order chi connectivity index (χ1) is 11.6. The molecule has 6 heteroatoms. The summed E-state index contributed by atoms with van der Waals surface area (Å²) in [7, 11) is 0. The lowest BCUT2D eigenvalue weighted by atomic mass is 9.93. The van der Waals surface area contributed by atoms with Crippen molar-refractivity contribution in [3.8, 4) is 6.01 Å². The Morgan fingerprint density at radius 3 is 2.33 bits per heavy atom. The molecule has 2 aromatic heterocycles. The third-order valence-electron chi connectivity index (χ3n) is 4.19. The standard InChI is InChI=1S/C18H22N4O2/c1-12-11-13(2)21-18(20-12)24-16-5-3-15(4-6-16)22-17(23)14-7-9-19-10-8-14/h7-11,15-16H,3-6H2,1-2H3,(H,22,23). The first kappa shape index (κ1) is 16.4. The Morgan fingerprint density at radius 1 is 1.08 bits per heavy atom. The molecule has 0 radical (unpaired) electrons. The Morgan fingerprint density at radius 2 is 1.71 bits per heavy atom. The fraction of sp³-hybridized carbons (Fsp3) is 0.444. The zero-order valence-electron chi connectivity index (χ0n) is 14.0. The summed E-state index contributed by atoms with van der Waals surface area (Å²) in [6.45, 7) is 3.88.